The van der Waals surface area contributed by atoms with E-state index in [1.165, 1.54) is 0 Å². The number of Topliss-reactive ketones (excluding diaryl/α,β-unsaturated/α-hetero) is 1. The molecular formula is C16H18O3. The van der Waals surface area contributed by atoms with Crippen LogP contribution in [0.4, 0.5) is 0 Å². The number of benzene rings is 1. The van der Waals surface area contributed by atoms with E-state index in [4.69, 9.17) is 4.74 Å². The summed E-state index contributed by atoms with van der Waals surface area (Å²) in [6.07, 6.45) is 2.02. The zero-order chi connectivity index (χ0) is 13.7. The molecule has 3 fully saturated rings. The lowest BCUT2D eigenvalue weighted by atomic mass is 9.33. The number of hydrogen-bond acceptors (Lipinski definition) is 3. The molecule has 0 radical (unpaired) electrons. The molecule has 0 N–H and O–H groups in total. The molecule has 0 heterocycles. The first-order chi connectivity index (χ1) is 9.01. The van der Waals surface area contributed by atoms with Gasteiger partial charge in [0, 0.05) is 11.0 Å². The van der Waals surface area contributed by atoms with Gasteiger partial charge in [0.05, 0.1) is 12.0 Å². The van der Waals surface area contributed by atoms with Crippen LogP contribution in [0.25, 0.3) is 0 Å². The zero-order valence-electron chi connectivity index (χ0n) is 11.4. The third kappa shape index (κ3) is 1.64. The Kier molecular flexibility index (Phi) is 2.56. The summed E-state index contributed by atoms with van der Waals surface area (Å²) >= 11 is 0. The molecule has 0 atom stereocenters. The van der Waals surface area contributed by atoms with Gasteiger partial charge < -0.3 is 4.74 Å². The zero-order valence-corrected chi connectivity index (χ0v) is 11.4. The largest absolute Gasteiger partial charge is 0.466 e. The van der Waals surface area contributed by atoms with Gasteiger partial charge in [-0.3, -0.25) is 9.59 Å². The molecule has 0 unspecified atom stereocenters. The fourth-order valence-corrected chi connectivity index (χ4v) is 3.62. The molecule has 0 saturated heterocycles. The van der Waals surface area contributed by atoms with Crippen LogP contribution in [-0.4, -0.2) is 18.4 Å². The van der Waals surface area contributed by atoms with Crippen molar-refractivity contribution in [1.82, 2.24) is 0 Å². The molecule has 2 bridgehead atoms. The number of hydrogen-bond donors (Lipinski definition) is 0. The molecule has 3 aliphatic carbocycles. The summed E-state index contributed by atoms with van der Waals surface area (Å²) in [6, 6.07) is 7.70. The summed E-state index contributed by atoms with van der Waals surface area (Å²) in [7, 11) is 0. The van der Waals surface area contributed by atoms with E-state index in [1.54, 1.807) is 0 Å². The van der Waals surface area contributed by atoms with E-state index in [1.807, 2.05) is 38.1 Å². The van der Waals surface area contributed by atoms with Crippen LogP contribution >= 0.6 is 0 Å². The molecule has 19 heavy (non-hydrogen) atoms. The number of ether oxygens (including phenoxy) is 1. The Balaban J connectivity index is 1.72. The number of rotatable bonds is 4. The maximum atomic E-state index is 12.5. The van der Waals surface area contributed by atoms with Crippen LogP contribution in [-0.2, 0) is 9.53 Å². The van der Waals surface area contributed by atoms with Gasteiger partial charge in [0.2, 0.25) is 0 Å². The quantitative estimate of drug-likeness (QED) is 0.616. The Labute approximate surface area is 113 Å². The smallest absolute Gasteiger partial charge is 0.312 e. The summed E-state index contributed by atoms with van der Waals surface area (Å²) in [6.45, 7) is 4.22. The molecule has 3 nitrogen and oxygen atoms in total. The van der Waals surface area contributed by atoms with Crippen molar-refractivity contribution in [2.24, 2.45) is 10.8 Å². The Hall–Kier alpha value is -1.64. The normalized spacial score (nSPS) is 31.1. The second-order valence-electron chi connectivity index (χ2n) is 6.01. The monoisotopic (exact) mass is 258 g/mol. The lowest BCUT2D eigenvalue weighted by Gasteiger charge is -2.67. The highest BCUT2D eigenvalue weighted by atomic mass is 16.5. The van der Waals surface area contributed by atoms with Gasteiger partial charge in [-0.15, -0.1) is 0 Å². The second-order valence-corrected chi connectivity index (χ2v) is 6.01. The van der Waals surface area contributed by atoms with Crippen molar-refractivity contribution in [3.8, 4) is 0 Å². The Morgan fingerprint density at radius 1 is 1.21 bits per heavy atom. The van der Waals surface area contributed by atoms with E-state index in [9.17, 15) is 9.59 Å². The lowest BCUT2D eigenvalue weighted by molar-refractivity contribution is -0.209. The van der Waals surface area contributed by atoms with E-state index in [0.29, 0.717) is 25.9 Å². The summed E-state index contributed by atoms with van der Waals surface area (Å²) in [5.41, 5.74) is 1.26. The molecule has 100 valence electrons. The van der Waals surface area contributed by atoms with Crippen LogP contribution in [0.15, 0.2) is 24.3 Å². The van der Waals surface area contributed by atoms with Crippen molar-refractivity contribution in [2.75, 3.05) is 6.61 Å². The minimum absolute atomic E-state index is 0.117. The topological polar surface area (TPSA) is 43.4 Å². The first kappa shape index (κ1) is 12.4. The van der Waals surface area contributed by atoms with Crippen LogP contribution < -0.4 is 0 Å². The third-order valence-electron chi connectivity index (χ3n) is 4.50. The predicted octanol–water partition coefficient (Wildman–Crippen LogP) is 2.91. The van der Waals surface area contributed by atoms with E-state index in [-0.39, 0.29) is 22.6 Å². The number of esters is 1. The summed E-state index contributed by atoms with van der Waals surface area (Å²) in [5, 5.41) is 0. The minimum Gasteiger partial charge on any atom is -0.466 e. The number of aryl methyl sites for hydroxylation is 1. The van der Waals surface area contributed by atoms with Crippen LogP contribution in [0.3, 0.4) is 0 Å². The first-order valence-corrected chi connectivity index (χ1v) is 6.80. The van der Waals surface area contributed by atoms with Crippen molar-refractivity contribution in [3.05, 3.63) is 35.4 Å². The minimum atomic E-state index is -0.338. The van der Waals surface area contributed by atoms with Crippen molar-refractivity contribution in [1.29, 1.82) is 0 Å². The van der Waals surface area contributed by atoms with E-state index >= 15 is 0 Å². The Morgan fingerprint density at radius 3 is 2.47 bits per heavy atom. The molecule has 0 aliphatic heterocycles. The molecule has 0 aromatic heterocycles. The van der Waals surface area contributed by atoms with Gasteiger partial charge >= 0.3 is 5.97 Å². The first-order valence-electron chi connectivity index (χ1n) is 6.80. The van der Waals surface area contributed by atoms with Gasteiger partial charge in [-0.25, -0.2) is 0 Å². The van der Waals surface area contributed by atoms with Crippen molar-refractivity contribution in [2.45, 2.75) is 33.1 Å². The molecule has 3 aliphatic rings. The molecule has 3 saturated carbocycles. The second kappa shape index (κ2) is 3.92. The number of ketones is 1. The van der Waals surface area contributed by atoms with Gasteiger partial charge in [0.15, 0.2) is 5.78 Å². The molecule has 1 aromatic carbocycles. The van der Waals surface area contributed by atoms with Gasteiger partial charge in [-0.05, 0) is 39.2 Å². The van der Waals surface area contributed by atoms with Crippen molar-refractivity contribution >= 4 is 11.8 Å². The van der Waals surface area contributed by atoms with Crippen LogP contribution in [0.2, 0.25) is 0 Å². The van der Waals surface area contributed by atoms with Gasteiger partial charge in [-0.2, -0.15) is 0 Å². The molecule has 4 rings (SSSR count). The average molecular weight is 258 g/mol. The Morgan fingerprint density at radius 2 is 1.89 bits per heavy atom. The molecule has 0 spiro atoms. The molecule has 1 aromatic rings. The molecule has 0 amide bonds. The number of carbonyl (C=O) groups is 2. The van der Waals surface area contributed by atoms with E-state index in [0.717, 1.165) is 11.1 Å². The maximum absolute atomic E-state index is 12.5. The highest BCUT2D eigenvalue weighted by Crippen LogP contribution is 2.74. The lowest BCUT2D eigenvalue weighted by Crippen LogP contribution is -2.68. The van der Waals surface area contributed by atoms with Crippen LogP contribution in [0, 0.1) is 17.8 Å². The summed E-state index contributed by atoms with van der Waals surface area (Å²) < 4.78 is 5.09. The Bertz CT molecular complexity index is 539. The highest BCUT2D eigenvalue weighted by Gasteiger charge is 2.75. The van der Waals surface area contributed by atoms with Crippen molar-refractivity contribution in [3.63, 3.8) is 0 Å². The fourth-order valence-electron chi connectivity index (χ4n) is 3.62. The van der Waals surface area contributed by atoms with Gasteiger partial charge in [-0.1, -0.05) is 23.8 Å². The van der Waals surface area contributed by atoms with E-state index in [2.05, 4.69) is 0 Å². The standard InChI is InChI=1S/C16H18O3/c1-3-19-14(18)16-8-15(9-16,10-16)13(17)12-6-4-5-11(2)7-12/h4-7H,3,8-10H2,1-2H3. The predicted molar refractivity (Wildman–Crippen MR) is 70.9 cm³/mol. The SMILES string of the molecule is CCOC(=O)C12CC(C(=O)c3cccc(C)c3)(C1)C2. The van der Waals surface area contributed by atoms with Crippen LogP contribution in [0.1, 0.15) is 42.1 Å². The third-order valence-corrected chi connectivity index (χ3v) is 4.50. The molecule has 3 heteroatoms. The van der Waals surface area contributed by atoms with Crippen LogP contribution in [0.5, 0.6) is 0 Å². The summed E-state index contributed by atoms with van der Waals surface area (Å²) in [4.78, 5) is 24.3. The summed E-state index contributed by atoms with van der Waals surface area (Å²) in [5.74, 6) is 0.0799. The van der Waals surface area contributed by atoms with E-state index < -0.39 is 0 Å². The van der Waals surface area contributed by atoms with Gasteiger partial charge in [0.25, 0.3) is 0 Å². The van der Waals surface area contributed by atoms with Gasteiger partial charge in [0.1, 0.15) is 0 Å². The number of carbonyl (C=O) groups excluding carboxylic acids is 2. The van der Waals surface area contributed by atoms with Crippen molar-refractivity contribution < 1.29 is 14.3 Å². The molecular weight excluding hydrogens is 240 g/mol. The fraction of sp³-hybridized carbons (Fsp3) is 0.500. The average Bonchev–Trinajstić information content (AvgIpc) is 2.25. The highest BCUT2D eigenvalue weighted by molar-refractivity contribution is 6.05. The maximum Gasteiger partial charge on any atom is 0.312 e.